The first-order valence-electron chi connectivity index (χ1n) is 15.7. The van der Waals surface area contributed by atoms with Crippen molar-refractivity contribution in [1.82, 2.24) is 29.8 Å². The number of phosphoric acid groups is 2. The van der Waals surface area contributed by atoms with Crippen molar-refractivity contribution in [3.05, 3.63) is 41.6 Å². The van der Waals surface area contributed by atoms with Gasteiger partial charge in [-0.1, -0.05) is 0 Å². The molecule has 1 saturated heterocycles. The standard InChI is InChI=1S/C27H37N9O15P2/c1-10-3-12-13(4-11(10)2)35(24-18(32-12)25(42)34-27(43)33-24)5-14(37)19(39)15(38)6-48-52(44,45)51-53(46,47)49-7-16-20(40)21(41)26(50-16)36-9-31-17-22(28)29-8-30-23(17)36/h3-4,8-9,14-16,19-21,25-27,34,37-43H,5-7H2,1-2H3,(H4,28,29,30,44,45,46,47)/p+1/t14-,15+,16+,19-,20+,21+,25+,26+,27-/m0/s1. The van der Waals surface area contributed by atoms with Gasteiger partial charge < -0.3 is 56.0 Å². The first-order chi connectivity index (χ1) is 24.9. The number of nitrogens with zero attached hydrogens (tertiary/aromatic N) is 6. The zero-order chi connectivity index (χ0) is 38.6. The number of hydrogen-bond acceptors (Lipinski definition) is 20. The Hall–Kier alpha value is -3.39. The number of nitrogens with two attached hydrogens (primary N) is 1. The molecule has 6 rings (SSSR count). The van der Waals surface area contributed by atoms with Crippen molar-refractivity contribution in [3.8, 4) is 0 Å². The van der Waals surface area contributed by atoms with Crippen LogP contribution in [-0.4, -0.2) is 126 Å². The van der Waals surface area contributed by atoms with E-state index in [-0.39, 0.29) is 28.5 Å². The van der Waals surface area contributed by atoms with Gasteiger partial charge in [-0.2, -0.15) is 4.31 Å². The van der Waals surface area contributed by atoms with E-state index in [9.17, 15) is 54.7 Å². The highest BCUT2D eigenvalue weighted by atomic mass is 31.3. The van der Waals surface area contributed by atoms with Crippen LogP contribution in [0.4, 0.5) is 11.6 Å². The van der Waals surface area contributed by atoms with Crippen LogP contribution in [0, 0.1) is 13.8 Å². The summed E-state index contributed by atoms with van der Waals surface area (Å²) in [5.74, 6) is 0.118. The molecule has 0 radical (unpaired) electrons. The van der Waals surface area contributed by atoms with Crippen LogP contribution in [0.3, 0.4) is 0 Å². The van der Waals surface area contributed by atoms with E-state index in [0.29, 0.717) is 11.0 Å². The summed E-state index contributed by atoms with van der Waals surface area (Å²) in [4.78, 5) is 36.5. The highest BCUT2D eigenvalue weighted by Crippen LogP contribution is 2.60. The molecule has 4 aromatic rings. The number of fused-ring (bicyclic) bond motifs is 3. The van der Waals surface area contributed by atoms with Gasteiger partial charge in [0, 0.05) is 0 Å². The number of anilines is 2. The molecule has 0 spiro atoms. The van der Waals surface area contributed by atoms with Crippen molar-refractivity contribution in [2.24, 2.45) is 0 Å². The van der Waals surface area contributed by atoms with Crippen molar-refractivity contribution in [2.45, 2.75) is 75.8 Å². The van der Waals surface area contributed by atoms with Gasteiger partial charge >= 0.3 is 21.5 Å². The number of aliphatic hydroxyl groups excluding tert-OH is 7. The van der Waals surface area contributed by atoms with E-state index < -0.39 is 90.8 Å². The number of imidazole rings is 1. The molecule has 0 bridgehead atoms. The topological polar surface area (TPSA) is 364 Å². The minimum Gasteiger partial charge on any atom is -0.388 e. The molecule has 13 N–H and O–H groups in total. The van der Waals surface area contributed by atoms with Crippen LogP contribution >= 0.6 is 15.6 Å². The van der Waals surface area contributed by atoms with E-state index in [1.165, 1.54) is 15.5 Å². The summed E-state index contributed by atoms with van der Waals surface area (Å²) in [6.45, 7) is 1.05. The molecule has 24 nitrogen and oxygen atoms in total. The molecule has 0 amide bonds. The van der Waals surface area contributed by atoms with Gasteiger partial charge in [-0.15, -0.1) is 0 Å². The highest BCUT2D eigenvalue weighted by molar-refractivity contribution is 7.61. The second-order valence-corrected chi connectivity index (χ2v) is 15.4. The van der Waals surface area contributed by atoms with Gasteiger partial charge in [0.15, 0.2) is 35.1 Å². The fourth-order valence-electron chi connectivity index (χ4n) is 5.78. The largest absolute Gasteiger partial charge is 0.481 e. The average molecular weight is 791 g/mol. The van der Waals surface area contributed by atoms with Crippen molar-refractivity contribution in [2.75, 3.05) is 24.3 Å². The zero-order valence-corrected chi connectivity index (χ0v) is 29.5. The molecule has 1 aromatic carbocycles. The van der Waals surface area contributed by atoms with Crippen molar-refractivity contribution >= 4 is 49.5 Å². The number of phosphoric ester groups is 2. The normalized spacial score (nSPS) is 27.2. The number of rotatable bonds is 13. The van der Waals surface area contributed by atoms with Gasteiger partial charge in [0.25, 0.3) is 6.35 Å². The lowest BCUT2D eigenvalue weighted by molar-refractivity contribution is -0.668. The molecular formula is C27H38N9O15P2+. The fourth-order valence-corrected chi connectivity index (χ4v) is 7.88. The van der Waals surface area contributed by atoms with Gasteiger partial charge in [-0.05, 0) is 37.1 Å². The van der Waals surface area contributed by atoms with Crippen LogP contribution in [0.25, 0.3) is 22.2 Å². The lowest BCUT2D eigenvalue weighted by Crippen LogP contribution is -2.55. The number of hydrogen-bond donors (Lipinski definition) is 12. The molecule has 26 heteroatoms. The third-order valence-corrected chi connectivity index (χ3v) is 11.3. The number of nitrogen functional groups attached to an aromatic ring is 1. The van der Waals surface area contributed by atoms with Crippen molar-refractivity contribution in [1.29, 1.82) is 0 Å². The Morgan fingerprint density at radius 3 is 2.43 bits per heavy atom. The van der Waals surface area contributed by atoms with Crippen LogP contribution < -0.4 is 20.9 Å². The van der Waals surface area contributed by atoms with Gasteiger partial charge in [-0.25, -0.2) is 44.3 Å². The zero-order valence-electron chi connectivity index (χ0n) is 27.8. The van der Waals surface area contributed by atoms with Crippen LogP contribution in [-0.2, 0) is 33.8 Å². The Morgan fingerprint density at radius 1 is 1.00 bits per heavy atom. The summed E-state index contributed by atoms with van der Waals surface area (Å²) in [6.07, 6.45) is -12.5. The maximum absolute atomic E-state index is 12.5. The van der Waals surface area contributed by atoms with Crippen LogP contribution in [0.5, 0.6) is 0 Å². The predicted molar refractivity (Wildman–Crippen MR) is 175 cm³/mol. The Balaban J connectivity index is 1.06. The molecule has 53 heavy (non-hydrogen) atoms. The molecule has 1 fully saturated rings. The summed E-state index contributed by atoms with van der Waals surface area (Å²) in [7, 11) is -11.0. The quantitative estimate of drug-likeness (QED) is 0.0468. The Bertz CT molecular complexity index is 2090. The summed E-state index contributed by atoms with van der Waals surface area (Å²) >= 11 is 0. The molecule has 2 aliphatic heterocycles. The molecule has 5 heterocycles. The molecule has 290 valence electrons. The fraction of sp³-hybridized carbons (Fsp3) is 0.519. The Labute approximate surface area is 298 Å². The summed E-state index contributed by atoms with van der Waals surface area (Å²) < 4.78 is 46.9. The van der Waals surface area contributed by atoms with Gasteiger partial charge in [0.2, 0.25) is 0 Å². The van der Waals surface area contributed by atoms with Gasteiger partial charge in [0.05, 0.1) is 19.5 Å². The third kappa shape index (κ3) is 8.18. The smallest absolute Gasteiger partial charge is 0.388 e. The van der Waals surface area contributed by atoms with E-state index in [0.717, 1.165) is 17.5 Å². The molecule has 0 saturated carbocycles. The second-order valence-electron chi connectivity index (χ2n) is 12.4. The van der Waals surface area contributed by atoms with E-state index in [1.54, 1.807) is 12.1 Å². The number of aliphatic hydroxyl groups is 7. The molecular weight excluding hydrogens is 752 g/mol. The first kappa shape index (κ1) is 39.3. The average Bonchev–Trinajstić information content (AvgIpc) is 3.63. The number of ether oxygens (including phenoxy) is 1. The number of benzene rings is 1. The van der Waals surface area contributed by atoms with Gasteiger partial charge in [0.1, 0.15) is 60.5 Å². The summed E-state index contributed by atoms with van der Waals surface area (Å²) in [5.41, 5.74) is 8.65. The predicted octanol–water partition coefficient (Wildman–Crippen LogP) is -3.20. The lowest BCUT2D eigenvalue weighted by Gasteiger charge is -2.27. The molecule has 2 unspecified atom stereocenters. The third-order valence-electron chi connectivity index (χ3n) is 8.66. The van der Waals surface area contributed by atoms with Crippen molar-refractivity contribution in [3.63, 3.8) is 0 Å². The van der Waals surface area contributed by atoms with Crippen LogP contribution in [0.1, 0.15) is 29.3 Å². The highest BCUT2D eigenvalue weighted by Gasteiger charge is 2.46. The second kappa shape index (κ2) is 15.0. The van der Waals surface area contributed by atoms with Crippen LogP contribution in [0.15, 0.2) is 24.8 Å². The maximum Gasteiger partial charge on any atom is 0.481 e. The monoisotopic (exact) mass is 790 g/mol. The van der Waals surface area contributed by atoms with E-state index in [4.69, 9.17) is 15.0 Å². The Kier molecular flexibility index (Phi) is 11.1. The number of aryl methyl sites for hydroxylation is 2. The number of aromatic nitrogens is 6. The lowest BCUT2D eigenvalue weighted by atomic mass is 10.1. The van der Waals surface area contributed by atoms with E-state index in [2.05, 4.69) is 39.4 Å². The first-order valence-corrected chi connectivity index (χ1v) is 18.7. The van der Waals surface area contributed by atoms with E-state index in [1.807, 2.05) is 13.8 Å². The SMILES string of the molecule is Cc1cc2nc3c([n+](C[C@H](O)[C@H](O)[C@H](O)COP(=O)(O)OP(=O)(O)OC[C@H]4O[C@@H](n5cnc6c(N)ncnc65)[C@H](O)[C@@H]4O)c2cc1C)N[C@H](O)N[C@@H]3O. The van der Waals surface area contributed by atoms with Crippen LogP contribution in [0.2, 0.25) is 0 Å². The molecule has 0 aliphatic carbocycles. The number of nitrogens with one attached hydrogen (secondary N) is 2. The summed E-state index contributed by atoms with van der Waals surface area (Å²) in [6, 6.07) is 3.45. The van der Waals surface area contributed by atoms with E-state index >= 15 is 0 Å². The maximum atomic E-state index is 12.5. The minimum absolute atomic E-state index is 0.0356. The Morgan fingerprint density at radius 2 is 1.70 bits per heavy atom. The molecule has 2 aliphatic rings. The molecule has 3 aromatic heterocycles. The summed E-state index contributed by atoms with van der Waals surface area (Å²) in [5, 5.41) is 79.0. The van der Waals surface area contributed by atoms with Crippen molar-refractivity contribution < 1.29 is 77.3 Å². The minimum atomic E-state index is -5.52. The van der Waals surface area contributed by atoms with Gasteiger partial charge in [-0.3, -0.25) is 13.6 Å². The molecule has 11 atom stereocenters.